The van der Waals surface area contributed by atoms with Gasteiger partial charge in [-0.15, -0.1) is 13.2 Å². The van der Waals surface area contributed by atoms with Gasteiger partial charge < -0.3 is 4.74 Å². The number of para-hydroxylation sites is 1. The van der Waals surface area contributed by atoms with Crippen molar-refractivity contribution in [1.82, 2.24) is 9.78 Å². The van der Waals surface area contributed by atoms with Crippen LogP contribution in [0.2, 0.25) is 10.0 Å². The van der Waals surface area contributed by atoms with Gasteiger partial charge in [0.2, 0.25) is 0 Å². The van der Waals surface area contributed by atoms with E-state index < -0.39 is 6.36 Å². The minimum Gasteiger partial charge on any atom is -0.406 e. The van der Waals surface area contributed by atoms with Crippen LogP contribution in [0.5, 0.6) is 5.75 Å². The van der Waals surface area contributed by atoms with Crippen LogP contribution in [-0.2, 0) is 7.05 Å². The Bertz CT molecular complexity index is 1590. The average Bonchev–Trinajstić information content (AvgIpc) is 3.16. The molecule has 0 aliphatic heterocycles. The lowest BCUT2D eigenvalue weighted by molar-refractivity contribution is -0.274. The molecule has 5 aromatic rings. The molecular formula is C26H17Cl2F3N4O. The number of hydrogen-bond donors (Lipinski definition) is 1. The molecule has 182 valence electrons. The molecule has 0 fully saturated rings. The predicted molar refractivity (Wildman–Crippen MR) is 138 cm³/mol. The lowest BCUT2D eigenvalue weighted by Gasteiger charge is -2.09. The van der Waals surface area contributed by atoms with Gasteiger partial charge in [-0.3, -0.25) is 10.1 Å². The third kappa shape index (κ3) is 4.82. The number of hydrazone groups is 1. The molecule has 5 nitrogen and oxygen atoms in total. The van der Waals surface area contributed by atoms with Crippen molar-refractivity contribution in [2.75, 3.05) is 5.43 Å². The Morgan fingerprint density at radius 3 is 2.33 bits per heavy atom. The van der Waals surface area contributed by atoms with Gasteiger partial charge in [0.15, 0.2) is 0 Å². The molecule has 1 N–H and O–H groups in total. The highest BCUT2D eigenvalue weighted by atomic mass is 35.5. The van der Waals surface area contributed by atoms with Gasteiger partial charge in [-0.05, 0) is 59.5 Å². The van der Waals surface area contributed by atoms with Crippen LogP contribution in [0.4, 0.5) is 18.9 Å². The Kier molecular flexibility index (Phi) is 6.24. The minimum absolute atomic E-state index is 0.274. The van der Waals surface area contributed by atoms with Gasteiger partial charge in [0.25, 0.3) is 0 Å². The number of hydrogen-bond acceptors (Lipinski definition) is 4. The quantitative estimate of drug-likeness (QED) is 0.185. The van der Waals surface area contributed by atoms with E-state index >= 15 is 0 Å². The van der Waals surface area contributed by atoms with E-state index in [2.05, 4.69) is 20.4 Å². The summed E-state index contributed by atoms with van der Waals surface area (Å²) in [6.07, 6.45) is -3.07. The van der Waals surface area contributed by atoms with E-state index in [9.17, 15) is 13.2 Å². The molecule has 0 bridgehead atoms. The van der Waals surface area contributed by atoms with Crippen molar-refractivity contribution in [2.45, 2.75) is 6.36 Å². The van der Waals surface area contributed by atoms with E-state index in [0.29, 0.717) is 15.7 Å². The molecule has 5 rings (SSSR count). The Morgan fingerprint density at radius 1 is 0.944 bits per heavy atom. The van der Waals surface area contributed by atoms with Gasteiger partial charge in [0, 0.05) is 23.4 Å². The molecule has 0 atom stereocenters. The van der Waals surface area contributed by atoms with Crippen LogP contribution in [-0.4, -0.2) is 22.4 Å². The standard InChI is InChI=1S/C26H17Cl2F3N4O/c1-35-25(16-6-9-18(10-7-16)36-26(29,30)31)20-12-8-17-13-15(5-11-19(17)23(20)34-35)14-32-33-24-21(27)3-2-4-22(24)28/h2-14,33H,1H3/b32-14+. The first-order chi connectivity index (χ1) is 17.2. The Morgan fingerprint density at radius 2 is 1.64 bits per heavy atom. The number of anilines is 1. The smallest absolute Gasteiger partial charge is 0.406 e. The van der Waals surface area contributed by atoms with Gasteiger partial charge in [-0.25, -0.2) is 0 Å². The molecule has 0 aliphatic rings. The summed E-state index contributed by atoms with van der Waals surface area (Å²) in [4.78, 5) is 0. The average molecular weight is 529 g/mol. The second-order valence-electron chi connectivity index (χ2n) is 7.95. The maximum absolute atomic E-state index is 12.5. The maximum Gasteiger partial charge on any atom is 0.573 e. The first-order valence-corrected chi connectivity index (χ1v) is 11.4. The van der Waals surface area contributed by atoms with Gasteiger partial charge in [-0.2, -0.15) is 10.2 Å². The lowest BCUT2D eigenvalue weighted by Crippen LogP contribution is -2.16. The summed E-state index contributed by atoms with van der Waals surface area (Å²) in [5, 5.41) is 12.6. The highest BCUT2D eigenvalue weighted by molar-refractivity contribution is 6.39. The van der Waals surface area contributed by atoms with Crippen molar-refractivity contribution < 1.29 is 17.9 Å². The topological polar surface area (TPSA) is 51.4 Å². The Balaban J connectivity index is 1.45. The van der Waals surface area contributed by atoms with Crippen molar-refractivity contribution in [3.05, 3.63) is 88.4 Å². The number of fused-ring (bicyclic) bond motifs is 3. The van der Waals surface area contributed by atoms with Crippen LogP contribution in [0, 0.1) is 0 Å². The van der Waals surface area contributed by atoms with Crippen LogP contribution in [0.1, 0.15) is 5.56 Å². The number of rotatable bonds is 5. The molecule has 0 unspecified atom stereocenters. The third-order valence-corrected chi connectivity index (χ3v) is 6.19. The van der Waals surface area contributed by atoms with E-state index in [4.69, 9.17) is 23.2 Å². The molecule has 1 aromatic heterocycles. The normalized spacial score (nSPS) is 12.1. The zero-order valence-corrected chi connectivity index (χ0v) is 20.2. The number of benzene rings is 4. The summed E-state index contributed by atoms with van der Waals surface area (Å²) in [5.74, 6) is -0.274. The van der Waals surface area contributed by atoms with Gasteiger partial charge in [0.1, 0.15) is 11.3 Å². The van der Waals surface area contributed by atoms with E-state index in [1.807, 2.05) is 30.3 Å². The number of nitrogens with zero attached hydrogens (tertiary/aromatic N) is 3. The molecule has 4 aromatic carbocycles. The number of aryl methyl sites for hydroxylation is 1. The van der Waals surface area contributed by atoms with Crippen LogP contribution >= 0.6 is 23.2 Å². The first-order valence-electron chi connectivity index (χ1n) is 10.7. The van der Waals surface area contributed by atoms with Crippen LogP contribution in [0.3, 0.4) is 0 Å². The summed E-state index contributed by atoms with van der Waals surface area (Å²) in [7, 11) is 1.80. The lowest BCUT2D eigenvalue weighted by atomic mass is 10.0. The van der Waals surface area contributed by atoms with Crippen molar-refractivity contribution in [2.24, 2.45) is 12.1 Å². The zero-order valence-electron chi connectivity index (χ0n) is 18.6. The summed E-state index contributed by atoms with van der Waals surface area (Å²) in [6.45, 7) is 0. The maximum atomic E-state index is 12.5. The minimum atomic E-state index is -4.74. The highest BCUT2D eigenvalue weighted by Crippen LogP contribution is 2.34. The number of halogens is 5. The second-order valence-corrected chi connectivity index (χ2v) is 8.77. The van der Waals surface area contributed by atoms with E-state index in [0.717, 1.165) is 38.5 Å². The summed E-state index contributed by atoms with van der Waals surface area (Å²) >= 11 is 12.3. The molecule has 0 amide bonds. The molecule has 10 heteroatoms. The molecular weight excluding hydrogens is 512 g/mol. The molecule has 0 saturated heterocycles. The highest BCUT2D eigenvalue weighted by Gasteiger charge is 2.31. The number of aromatic nitrogens is 2. The summed E-state index contributed by atoms with van der Waals surface area (Å²) in [5.41, 5.74) is 6.55. The first kappa shape index (κ1) is 24.0. The largest absolute Gasteiger partial charge is 0.573 e. The van der Waals surface area contributed by atoms with E-state index in [-0.39, 0.29) is 5.75 Å². The van der Waals surface area contributed by atoms with Crippen molar-refractivity contribution in [3.8, 4) is 17.0 Å². The van der Waals surface area contributed by atoms with Crippen molar-refractivity contribution in [1.29, 1.82) is 0 Å². The van der Waals surface area contributed by atoms with Crippen LogP contribution < -0.4 is 10.2 Å². The number of ether oxygens (including phenoxy) is 1. The molecule has 0 radical (unpaired) electrons. The van der Waals surface area contributed by atoms with Gasteiger partial charge >= 0.3 is 6.36 Å². The monoisotopic (exact) mass is 528 g/mol. The molecule has 1 heterocycles. The van der Waals surface area contributed by atoms with Crippen molar-refractivity contribution in [3.63, 3.8) is 0 Å². The fraction of sp³-hybridized carbons (Fsp3) is 0.0769. The van der Waals surface area contributed by atoms with E-state index in [1.165, 1.54) is 12.1 Å². The third-order valence-electron chi connectivity index (χ3n) is 5.56. The molecule has 36 heavy (non-hydrogen) atoms. The number of alkyl halides is 3. The fourth-order valence-corrected chi connectivity index (χ4v) is 4.50. The van der Waals surface area contributed by atoms with Gasteiger partial charge in [-0.1, -0.05) is 47.5 Å². The SMILES string of the molecule is Cn1nc2c(ccc3cc(/C=N/Nc4c(Cl)cccc4Cl)ccc32)c1-c1ccc(OC(F)(F)F)cc1. The zero-order chi connectivity index (χ0) is 25.4. The predicted octanol–water partition coefficient (Wildman–Crippen LogP) is 8.04. The van der Waals surface area contributed by atoms with Gasteiger partial charge in [0.05, 0.1) is 27.6 Å². The van der Waals surface area contributed by atoms with E-state index in [1.54, 1.807) is 48.3 Å². The van der Waals surface area contributed by atoms with Crippen LogP contribution in [0.15, 0.2) is 77.9 Å². The molecule has 0 aliphatic carbocycles. The van der Waals surface area contributed by atoms with Crippen LogP contribution in [0.25, 0.3) is 32.9 Å². The Labute approximate surface area is 213 Å². The molecule has 0 saturated carbocycles. The second kappa shape index (κ2) is 9.37. The summed E-state index contributed by atoms with van der Waals surface area (Å²) in [6, 6.07) is 20.7. The summed E-state index contributed by atoms with van der Waals surface area (Å²) < 4.78 is 43.1. The van der Waals surface area contributed by atoms with Crippen molar-refractivity contribution >= 4 is 56.8 Å². The fourth-order valence-electron chi connectivity index (χ4n) is 4.02. The molecule has 0 spiro atoms. The Hall–Kier alpha value is -3.75. The number of nitrogens with one attached hydrogen (secondary N) is 1.